The van der Waals surface area contributed by atoms with E-state index in [1.165, 1.54) is 0 Å². The molecule has 2 unspecified atom stereocenters. The highest BCUT2D eigenvalue weighted by Crippen LogP contribution is 2.46. The second-order valence-electron chi connectivity index (χ2n) is 5.29. The number of para-hydroxylation sites is 1. The van der Waals surface area contributed by atoms with Crippen LogP contribution >= 0.6 is 0 Å². The third-order valence-corrected chi connectivity index (χ3v) is 3.98. The highest BCUT2D eigenvalue weighted by Gasteiger charge is 2.44. The molecule has 1 amide bonds. The molecule has 0 radical (unpaired) electrons. The lowest BCUT2D eigenvalue weighted by atomic mass is 10.2. The molecule has 4 heteroatoms. The van der Waals surface area contributed by atoms with Gasteiger partial charge in [0.1, 0.15) is 0 Å². The topological polar surface area (TPSA) is 49.8 Å². The standard InChI is InChI=1S/C16H15N3O/c20-16(13-10-12(13)14-5-3-8-17-14)18-19-9-7-11-4-1-2-6-15(11)19/h1-9,12-13,17H,10H2,(H,18,20). The highest BCUT2D eigenvalue weighted by atomic mass is 16.2. The van der Waals surface area contributed by atoms with Gasteiger partial charge in [0.25, 0.3) is 0 Å². The van der Waals surface area contributed by atoms with Gasteiger partial charge < -0.3 is 4.98 Å². The van der Waals surface area contributed by atoms with Crippen LogP contribution in [-0.4, -0.2) is 15.6 Å². The van der Waals surface area contributed by atoms with Gasteiger partial charge in [-0.2, -0.15) is 0 Å². The van der Waals surface area contributed by atoms with Crippen LogP contribution in [0.2, 0.25) is 0 Å². The molecule has 0 aliphatic heterocycles. The van der Waals surface area contributed by atoms with Gasteiger partial charge in [-0.25, -0.2) is 0 Å². The lowest BCUT2D eigenvalue weighted by Gasteiger charge is -2.07. The fourth-order valence-electron chi connectivity index (χ4n) is 2.79. The largest absolute Gasteiger partial charge is 0.365 e. The molecule has 0 saturated heterocycles. The van der Waals surface area contributed by atoms with Gasteiger partial charge in [-0.1, -0.05) is 18.2 Å². The quantitative estimate of drug-likeness (QED) is 0.751. The molecular formula is C16H15N3O. The summed E-state index contributed by atoms with van der Waals surface area (Å²) in [4.78, 5) is 15.5. The molecule has 3 aromatic rings. The summed E-state index contributed by atoms with van der Waals surface area (Å²) < 4.78 is 1.81. The maximum atomic E-state index is 12.3. The van der Waals surface area contributed by atoms with Crippen LogP contribution in [0.1, 0.15) is 18.0 Å². The first-order chi connectivity index (χ1) is 9.83. The minimum atomic E-state index is 0.0785. The number of nitrogens with one attached hydrogen (secondary N) is 2. The summed E-state index contributed by atoms with van der Waals surface area (Å²) in [6.45, 7) is 0. The first kappa shape index (κ1) is 11.3. The van der Waals surface area contributed by atoms with Crippen LogP contribution in [0, 0.1) is 5.92 Å². The van der Waals surface area contributed by atoms with Crippen molar-refractivity contribution in [1.82, 2.24) is 9.66 Å². The van der Waals surface area contributed by atoms with Gasteiger partial charge in [0, 0.05) is 35.3 Å². The second kappa shape index (κ2) is 4.27. The fourth-order valence-corrected chi connectivity index (χ4v) is 2.79. The molecule has 100 valence electrons. The molecule has 4 rings (SSSR count). The van der Waals surface area contributed by atoms with Crippen LogP contribution in [0.15, 0.2) is 54.9 Å². The molecule has 1 fully saturated rings. The second-order valence-corrected chi connectivity index (χ2v) is 5.29. The number of benzene rings is 1. The zero-order valence-corrected chi connectivity index (χ0v) is 10.9. The van der Waals surface area contributed by atoms with Crippen LogP contribution in [0.5, 0.6) is 0 Å². The van der Waals surface area contributed by atoms with Crippen molar-refractivity contribution in [1.29, 1.82) is 0 Å². The number of hydrogen-bond acceptors (Lipinski definition) is 1. The molecule has 2 aromatic heterocycles. The maximum absolute atomic E-state index is 12.3. The molecule has 1 aliphatic carbocycles. The van der Waals surface area contributed by atoms with E-state index < -0.39 is 0 Å². The Morgan fingerprint density at radius 2 is 2.10 bits per heavy atom. The first-order valence-corrected chi connectivity index (χ1v) is 6.83. The number of amides is 1. The Hall–Kier alpha value is -2.49. The van der Waals surface area contributed by atoms with Gasteiger partial charge in [0.15, 0.2) is 0 Å². The monoisotopic (exact) mass is 265 g/mol. The van der Waals surface area contributed by atoms with Crippen LogP contribution in [0.4, 0.5) is 0 Å². The molecule has 2 N–H and O–H groups in total. The van der Waals surface area contributed by atoms with Gasteiger partial charge in [0.05, 0.1) is 5.52 Å². The van der Waals surface area contributed by atoms with Crippen molar-refractivity contribution >= 4 is 16.8 Å². The number of aromatic nitrogens is 2. The molecule has 2 heterocycles. The Balaban J connectivity index is 1.51. The van der Waals surface area contributed by atoms with Gasteiger partial charge in [0.2, 0.25) is 5.91 Å². The van der Waals surface area contributed by atoms with E-state index in [-0.39, 0.29) is 11.8 Å². The van der Waals surface area contributed by atoms with E-state index in [4.69, 9.17) is 0 Å². The molecule has 2 atom stereocenters. The van der Waals surface area contributed by atoms with Gasteiger partial charge in [-0.3, -0.25) is 14.9 Å². The van der Waals surface area contributed by atoms with Crippen LogP contribution in [-0.2, 0) is 4.79 Å². The summed E-state index contributed by atoms with van der Waals surface area (Å²) in [6, 6.07) is 14.0. The van der Waals surface area contributed by atoms with E-state index in [1.54, 1.807) is 0 Å². The van der Waals surface area contributed by atoms with Crippen LogP contribution in [0.25, 0.3) is 10.9 Å². The number of fused-ring (bicyclic) bond motifs is 1. The molecule has 1 saturated carbocycles. The summed E-state index contributed by atoms with van der Waals surface area (Å²) in [7, 11) is 0. The van der Waals surface area contributed by atoms with Gasteiger partial charge in [-0.15, -0.1) is 0 Å². The number of hydrogen-bond donors (Lipinski definition) is 2. The highest BCUT2D eigenvalue weighted by molar-refractivity contribution is 5.91. The smallest absolute Gasteiger partial charge is 0.242 e. The van der Waals surface area contributed by atoms with Crippen molar-refractivity contribution in [3.05, 3.63) is 60.6 Å². The molecule has 0 spiro atoms. The molecule has 4 nitrogen and oxygen atoms in total. The van der Waals surface area contributed by atoms with Gasteiger partial charge >= 0.3 is 0 Å². The van der Waals surface area contributed by atoms with Crippen LogP contribution in [0.3, 0.4) is 0 Å². The summed E-state index contributed by atoms with van der Waals surface area (Å²) in [5.74, 6) is 0.507. The number of rotatable bonds is 3. The SMILES string of the molecule is O=C(Nn1ccc2ccccc21)C1CC1c1ccc[nH]1. The van der Waals surface area contributed by atoms with Crippen molar-refractivity contribution in [2.75, 3.05) is 5.43 Å². The van der Waals surface area contributed by atoms with Crippen molar-refractivity contribution in [2.24, 2.45) is 5.92 Å². The maximum Gasteiger partial charge on any atom is 0.242 e. The van der Waals surface area contributed by atoms with E-state index in [1.807, 2.05) is 59.5 Å². The van der Waals surface area contributed by atoms with Crippen molar-refractivity contribution in [3.63, 3.8) is 0 Å². The Kier molecular flexibility index (Phi) is 2.42. The Labute approximate surface area is 116 Å². The minimum absolute atomic E-state index is 0.0785. The summed E-state index contributed by atoms with van der Waals surface area (Å²) in [6.07, 6.45) is 4.72. The first-order valence-electron chi connectivity index (χ1n) is 6.83. The predicted octanol–water partition coefficient (Wildman–Crippen LogP) is 2.84. The van der Waals surface area contributed by atoms with E-state index in [0.717, 1.165) is 23.0 Å². The zero-order valence-electron chi connectivity index (χ0n) is 10.9. The summed E-state index contributed by atoms with van der Waals surface area (Å²) in [5, 5.41) is 1.13. The average Bonchev–Trinajstić information content (AvgIpc) is 2.92. The average molecular weight is 265 g/mol. The molecule has 20 heavy (non-hydrogen) atoms. The van der Waals surface area contributed by atoms with Gasteiger partial charge in [-0.05, 0) is 30.7 Å². The molecule has 1 aliphatic rings. The van der Waals surface area contributed by atoms with Crippen molar-refractivity contribution in [3.8, 4) is 0 Å². The Morgan fingerprint density at radius 3 is 2.95 bits per heavy atom. The molecule has 1 aromatic carbocycles. The predicted molar refractivity (Wildman–Crippen MR) is 77.9 cm³/mol. The van der Waals surface area contributed by atoms with E-state index in [0.29, 0.717) is 5.92 Å². The number of nitrogens with zero attached hydrogens (tertiary/aromatic N) is 1. The third kappa shape index (κ3) is 1.81. The molecule has 0 bridgehead atoms. The number of H-pyrrole nitrogens is 1. The Morgan fingerprint density at radius 1 is 1.20 bits per heavy atom. The zero-order chi connectivity index (χ0) is 13.5. The van der Waals surface area contributed by atoms with E-state index in [2.05, 4.69) is 10.4 Å². The Bertz CT molecular complexity index is 757. The van der Waals surface area contributed by atoms with Crippen molar-refractivity contribution < 1.29 is 4.79 Å². The fraction of sp³-hybridized carbons (Fsp3) is 0.188. The van der Waals surface area contributed by atoms with E-state index in [9.17, 15) is 4.79 Å². The molecular weight excluding hydrogens is 250 g/mol. The van der Waals surface area contributed by atoms with E-state index >= 15 is 0 Å². The summed E-state index contributed by atoms with van der Waals surface area (Å²) in [5.41, 5.74) is 5.16. The number of carbonyl (C=O) groups excluding carboxylic acids is 1. The third-order valence-electron chi connectivity index (χ3n) is 3.98. The minimum Gasteiger partial charge on any atom is -0.365 e. The lowest BCUT2D eigenvalue weighted by Crippen LogP contribution is -2.23. The summed E-state index contributed by atoms with van der Waals surface area (Å²) >= 11 is 0. The normalized spacial score (nSPS) is 21.0. The van der Waals surface area contributed by atoms with Crippen LogP contribution < -0.4 is 5.43 Å². The van der Waals surface area contributed by atoms with Crippen molar-refractivity contribution in [2.45, 2.75) is 12.3 Å². The number of aromatic amines is 1. The lowest BCUT2D eigenvalue weighted by molar-refractivity contribution is -0.118. The number of carbonyl (C=O) groups is 1.